The number of nitrogens with one attached hydrogen (secondary N) is 1. The van der Waals surface area contributed by atoms with E-state index in [1.54, 1.807) is 36.4 Å². The average Bonchev–Trinajstić information content (AvgIpc) is 2.95. The van der Waals surface area contributed by atoms with Crippen LogP contribution in [0.3, 0.4) is 0 Å². The lowest BCUT2D eigenvalue weighted by molar-refractivity contribution is -0.132. The number of hydrogen-bond donors (Lipinski definition) is 1. The van der Waals surface area contributed by atoms with Gasteiger partial charge in [0.25, 0.3) is 5.56 Å². The van der Waals surface area contributed by atoms with Crippen molar-refractivity contribution >= 4 is 5.91 Å². The molecule has 1 aliphatic heterocycles. The maximum atomic E-state index is 13.9. The lowest BCUT2D eigenvalue weighted by atomic mass is 9.99. The van der Waals surface area contributed by atoms with Gasteiger partial charge in [-0.1, -0.05) is 42.5 Å². The highest BCUT2D eigenvalue weighted by molar-refractivity contribution is 5.76. The zero-order valence-electron chi connectivity index (χ0n) is 20.9. The van der Waals surface area contributed by atoms with Gasteiger partial charge in [-0.3, -0.25) is 9.59 Å². The third-order valence-electron chi connectivity index (χ3n) is 6.60. The first-order chi connectivity index (χ1) is 18.5. The fraction of sp³-hybridized carbons (Fsp3) is 0.241. The number of methoxy groups -OCH3 is 1. The van der Waals surface area contributed by atoms with E-state index in [2.05, 4.69) is 21.2 Å². The van der Waals surface area contributed by atoms with Crippen molar-refractivity contribution in [2.45, 2.75) is 32.4 Å². The van der Waals surface area contributed by atoms with Gasteiger partial charge >= 0.3 is 0 Å². The number of nitrogens with zero attached hydrogens (tertiary/aromatic N) is 3. The molecule has 1 N–H and O–H groups in total. The van der Waals surface area contributed by atoms with Gasteiger partial charge in [0, 0.05) is 37.1 Å². The maximum Gasteiger partial charge on any atom is 0.273 e. The van der Waals surface area contributed by atoms with E-state index in [1.807, 2.05) is 23.1 Å². The number of benzene rings is 3. The van der Waals surface area contributed by atoms with Crippen LogP contribution in [-0.4, -0.2) is 39.6 Å². The molecule has 9 heteroatoms. The molecule has 0 unspecified atom stereocenters. The molecule has 8 nitrogen and oxygen atoms in total. The average molecular weight is 515 g/mol. The van der Waals surface area contributed by atoms with E-state index in [0.717, 1.165) is 12.0 Å². The van der Waals surface area contributed by atoms with Crippen LogP contribution in [-0.2, 0) is 30.8 Å². The number of halogens is 1. The van der Waals surface area contributed by atoms with Crippen LogP contribution in [0.25, 0.3) is 11.4 Å². The second-order valence-corrected chi connectivity index (χ2v) is 9.03. The van der Waals surface area contributed by atoms with Crippen LogP contribution in [0, 0.1) is 5.82 Å². The van der Waals surface area contributed by atoms with Crippen LogP contribution in [0.15, 0.2) is 71.5 Å². The van der Waals surface area contributed by atoms with E-state index in [9.17, 15) is 14.0 Å². The van der Waals surface area contributed by atoms with Gasteiger partial charge in [0.2, 0.25) is 5.91 Å². The van der Waals surface area contributed by atoms with Crippen molar-refractivity contribution in [2.24, 2.45) is 0 Å². The van der Waals surface area contributed by atoms with E-state index >= 15 is 0 Å². The largest absolute Gasteiger partial charge is 0.493 e. The minimum Gasteiger partial charge on any atom is -0.493 e. The van der Waals surface area contributed by atoms with Crippen LogP contribution in [0.2, 0.25) is 0 Å². The standard InChI is InChI=1S/C29H27FN4O4/c1-37-26-16-20(10-12-25(26)38-18-22-8-4-5-9-23(22)30)28-31-29(36)24(32-33-28)11-13-27(35)34-15-14-19-6-2-3-7-21(19)17-34/h2-10,12,16H,11,13-15,17-18H2,1H3,(H,31,33,36). The molecular weight excluding hydrogens is 487 g/mol. The smallest absolute Gasteiger partial charge is 0.273 e. The first-order valence-electron chi connectivity index (χ1n) is 12.4. The van der Waals surface area contributed by atoms with E-state index in [0.29, 0.717) is 35.7 Å². The van der Waals surface area contributed by atoms with Crippen molar-refractivity contribution in [3.63, 3.8) is 0 Å². The number of aromatic nitrogens is 3. The van der Waals surface area contributed by atoms with Gasteiger partial charge in [0.1, 0.15) is 18.1 Å². The third-order valence-corrected chi connectivity index (χ3v) is 6.60. The zero-order valence-corrected chi connectivity index (χ0v) is 20.9. The summed E-state index contributed by atoms with van der Waals surface area (Å²) in [5, 5.41) is 8.26. The first-order valence-corrected chi connectivity index (χ1v) is 12.4. The Morgan fingerprint density at radius 1 is 1.03 bits per heavy atom. The molecule has 0 spiro atoms. The van der Waals surface area contributed by atoms with Gasteiger partial charge in [-0.25, -0.2) is 4.39 Å². The van der Waals surface area contributed by atoms with E-state index in [1.165, 1.54) is 18.7 Å². The van der Waals surface area contributed by atoms with Crippen LogP contribution >= 0.6 is 0 Å². The number of aromatic amines is 1. The number of fused-ring (bicyclic) bond motifs is 1. The summed E-state index contributed by atoms with van der Waals surface area (Å²) in [5.41, 5.74) is 3.23. The molecule has 0 saturated carbocycles. The summed E-state index contributed by atoms with van der Waals surface area (Å²) in [6.07, 6.45) is 1.21. The second-order valence-electron chi connectivity index (χ2n) is 9.03. The van der Waals surface area contributed by atoms with Crippen LogP contribution in [0.1, 0.15) is 28.8 Å². The molecule has 0 atom stereocenters. The normalized spacial score (nSPS) is 12.6. The molecule has 1 amide bonds. The fourth-order valence-corrected chi connectivity index (χ4v) is 4.45. The molecule has 0 fully saturated rings. The maximum absolute atomic E-state index is 13.9. The molecule has 0 bridgehead atoms. The molecule has 0 radical (unpaired) electrons. The highest BCUT2D eigenvalue weighted by Gasteiger charge is 2.21. The van der Waals surface area contributed by atoms with Crippen LogP contribution in [0.4, 0.5) is 4.39 Å². The minimum absolute atomic E-state index is 0.0134. The summed E-state index contributed by atoms with van der Waals surface area (Å²) in [7, 11) is 1.49. The Morgan fingerprint density at radius 3 is 2.61 bits per heavy atom. The zero-order chi connectivity index (χ0) is 26.5. The van der Waals surface area contributed by atoms with Gasteiger partial charge in [-0.15, -0.1) is 10.2 Å². The van der Waals surface area contributed by atoms with Gasteiger partial charge in [-0.2, -0.15) is 0 Å². The molecule has 0 aliphatic carbocycles. The van der Waals surface area contributed by atoms with Crippen molar-refractivity contribution in [1.82, 2.24) is 20.1 Å². The number of carbonyl (C=O) groups is 1. The Kier molecular flexibility index (Phi) is 7.44. The van der Waals surface area contributed by atoms with Crippen molar-refractivity contribution in [3.8, 4) is 22.9 Å². The molecule has 194 valence electrons. The SMILES string of the molecule is COc1cc(-c2nnc(CCC(=O)N3CCc4ccccc4C3)c(=O)[nH]2)ccc1OCc1ccccc1F. The van der Waals surface area contributed by atoms with E-state index in [-0.39, 0.29) is 42.7 Å². The highest BCUT2D eigenvalue weighted by atomic mass is 19.1. The molecule has 3 aromatic carbocycles. The number of ether oxygens (including phenoxy) is 2. The van der Waals surface area contributed by atoms with Crippen LogP contribution in [0.5, 0.6) is 11.5 Å². The Morgan fingerprint density at radius 2 is 1.82 bits per heavy atom. The van der Waals surface area contributed by atoms with E-state index < -0.39 is 5.56 Å². The van der Waals surface area contributed by atoms with Gasteiger partial charge in [0.15, 0.2) is 17.3 Å². The quantitative estimate of drug-likeness (QED) is 0.381. The summed E-state index contributed by atoms with van der Waals surface area (Å²) in [6.45, 7) is 1.28. The topological polar surface area (TPSA) is 97.4 Å². The fourth-order valence-electron chi connectivity index (χ4n) is 4.45. The van der Waals surface area contributed by atoms with Gasteiger partial charge < -0.3 is 19.4 Å². The summed E-state index contributed by atoms with van der Waals surface area (Å²) >= 11 is 0. The Labute approximate surface area is 219 Å². The minimum atomic E-state index is -0.398. The molecule has 0 saturated heterocycles. The molecule has 1 aromatic heterocycles. The third kappa shape index (κ3) is 5.56. The van der Waals surface area contributed by atoms with Gasteiger partial charge in [-0.05, 0) is 41.8 Å². The highest BCUT2D eigenvalue weighted by Crippen LogP contribution is 2.32. The Bertz CT molecular complexity index is 1520. The second kappa shape index (κ2) is 11.2. The van der Waals surface area contributed by atoms with E-state index in [4.69, 9.17) is 9.47 Å². The Balaban J connectivity index is 1.23. The Hall–Kier alpha value is -4.53. The lowest BCUT2D eigenvalue weighted by Crippen LogP contribution is -2.36. The predicted molar refractivity (Wildman–Crippen MR) is 139 cm³/mol. The lowest BCUT2D eigenvalue weighted by Gasteiger charge is -2.28. The summed E-state index contributed by atoms with van der Waals surface area (Å²) in [5.74, 6) is 0.723. The summed E-state index contributed by atoms with van der Waals surface area (Å²) < 4.78 is 25.1. The molecule has 5 rings (SSSR count). The van der Waals surface area contributed by atoms with Crippen molar-refractivity contribution in [2.75, 3.05) is 13.7 Å². The molecule has 1 aliphatic rings. The monoisotopic (exact) mass is 514 g/mol. The van der Waals surface area contributed by atoms with Gasteiger partial charge in [0.05, 0.1) is 7.11 Å². The number of carbonyl (C=O) groups excluding carboxylic acids is 1. The van der Waals surface area contributed by atoms with Crippen molar-refractivity contribution in [1.29, 1.82) is 0 Å². The number of H-pyrrole nitrogens is 1. The van der Waals surface area contributed by atoms with Crippen LogP contribution < -0.4 is 15.0 Å². The molecule has 2 heterocycles. The first kappa shape index (κ1) is 25.1. The number of rotatable bonds is 8. The van der Waals surface area contributed by atoms with Crippen molar-refractivity contribution in [3.05, 3.63) is 105 Å². The summed E-state index contributed by atoms with van der Waals surface area (Å²) in [6, 6.07) is 19.5. The van der Waals surface area contributed by atoms with Crippen molar-refractivity contribution < 1.29 is 18.7 Å². The number of hydrogen-bond acceptors (Lipinski definition) is 6. The summed E-state index contributed by atoms with van der Waals surface area (Å²) in [4.78, 5) is 30.0. The number of aryl methyl sites for hydroxylation is 1. The number of amides is 1. The molecular formula is C29H27FN4O4. The predicted octanol–water partition coefficient (Wildman–Crippen LogP) is 4.08. The molecule has 4 aromatic rings. The molecule has 38 heavy (non-hydrogen) atoms.